The molecule has 0 saturated carbocycles. The topological polar surface area (TPSA) is 93.5 Å². The molecule has 0 bridgehead atoms. The van der Waals surface area contributed by atoms with Crippen molar-refractivity contribution in [3.8, 4) is 5.69 Å². The fraction of sp³-hybridized carbons (Fsp3) is 0.143. The Labute approximate surface area is 115 Å². The molecule has 0 saturated heterocycles. The van der Waals surface area contributed by atoms with Gasteiger partial charge in [0.1, 0.15) is 11.4 Å². The molecular formula is C14H14N6. The minimum Gasteiger partial charge on any atom is -0.384 e. The summed E-state index contributed by atoms with van der Waals surface area (Å²) in [4.78, 5) is 4.36. The molecule has 0 amide bonds. The summed E-state index contributed by atoms with van der Waals surface area (Å²) in [6, 6.07) is 9.54. The lowest BCUT2D eigenvalue weighted by Crippen LogP contribution is -2.18. The van der Waals surface area contributed by atoms with Crippen molar-refractivity contribution in [2.24, 2.45) is 5.73 Å². The van der Waals surface area contributed by atoms with E-state index in [2.05, 4.69) is 15.3 Å². The SMILES string of the molecule is Cc1cc(-n2nnc3ccccc32)c(C(=N)N)c(C)n1. The molecule has 0 aliphatic rings. The molecule has 3 N–H and O–H groups in total. The summed E-state index contributed by atoms with van der Waals surface area (Å²) in [5.41, 5.74) is 10.3. The van der Waals surface area contributed by atoms with E-state index in [1.807, 2.05) is 44.2 Å². The summed E-state index contributed by atoms with van der Waals surface area (Å²) < 4.78 is 1.70. The van der Waals surface area contributed by atoms with Crippen LogP contribution in [0.2, 0.25) is 0 Å². The second-order valence-corrected chi connectivity index (χ2v) is 4.65. The third-order valence-corrected chi connectivity index (χ3v) is 3.16. The highest BCUT2D eigenvalue weighted by Gasteiger charge is 2.16. The van der Waals surface area contributed by atoms with Crippen LogP contribution in [0, 0.1) is 19.3 Å². The Morgan fingerprint density at radius 2 is 2.00 bits per heavy atom. The number of benzene rings is 1. The fourth-order valence-electron chi connectivity index (χ4n) is 2.35. The van der Waals surface area contributed by atoms with Crippen LogP contribution < -0.4 is 5.73 Å². The molecule has 6 nitrogen and oxygen atoms in total. The molecule has 2 heterocycles. The fourth-order valence-corrected chi connectivity index (χ4v) is 2.35. The van der Waals surface area contributed by atoms with Crippen molar-refractivity contribution in [2.45, 2.75) is 13.8 Å². The lowest BCUT2D eigenvalue weighted by molar-refractivity contribution is 0.816. The smallest absolute Gasteiger partial charge is 0.126 e. The molecule has 0 unspecified atom stereocenters. The summed E-state index contributed by atoms with van der Waals surface area (Å²) in [5.74, 6) is -0.0235. The molecule has 0 aliphatic carbocycles. The van der Waals surface area contributed by atoms with Gasteiger partial charge in [0.15, 0.2) is 0 Å². The monoisotopic (exact) mass is 266 g/mol. The van der Waals surface area contributed by atoms with E-state index in [1.165, 1.54) is 0 Å². The molecular weight excluding hydrogens is 252 g/mol. The quantitative estimate of drug-likeness (QED) is 0.545. The van der Waals surface area contributed by atoms with Crippen LogP contribution in [0.3, 0.4) is 0 Å². The Kier molecular flexibility index (Phi) is 2.71. The zero-order chi connectivity index (χ0) is 14.3. The Morgan fingerprint density at radius 1 is 1.25 bits per heavy atom. The van der Waals surface area contributed by atoms with Gasteiger partial charge in [0.25, 0.3) is 0 Å². The maximum absolute atomic E-state index is 7.77. The molecule has 0 fully saturated rings. The van der Waals surface area contributed by atoms with Crippen LogP contribution in [-0.2, 0) is 0 Å². The molecule has 2 aromatic heterocycles. The maximum atomic E-state index is 7.77. The standard InChI is InChI=1S/C14H14N6/c1-8-7-12(13(14(15)16)9(2)17-8)20-11-6-4-3-5-10(11)18-19-20/h3-7H,1-2H3,(H3,15,16). The third-order valence-electron chi connectivity index (χ3n) is 3.16. The molecule has 3 aromatic rings. The number of nitrogens with zero attached hydrogens (tertiary/aromatic N) is 4. The van der Waals surface area contributed by atoms with Crippen molar-refractivity contribution in [3.63, 3.8) is 0 Å². The largest absolute Gasteiger partial charge is 0.384 e. The van der Waals surface area contributed by atoms with E-state index in [9.17, 15) is 0 Å². The number of aromatic nitrogens is 4. The number of nitrogens with two attached hydrogens (primary N) is 1. The third kappa shape index (κ3) is 1.82. The number of hydrogen-bond donors (Lipinski definition) is 2. The maximum Gasteiger partial charge on any atom is 0.126 e. The summed E-state index contributed by atoms with van der Waals surface area (Å²) in [5, 5.41) is 16.1. The van der Waals surface area contributed by atoms with Gasteiger partial charge in [0.2, 0.25) is 0 Å². The Morgan fingerprint density at radius 3 is 2.75 bits per heavy atom. The lowest BCUT2D eigenvalue weighted by atomic mass is 10.1. The van der Waals surface area contributed by atoms with Gasteiger partial charge < -0.3 is 5.73 Å². The Bertz CT molecular complexity index is 818. The van der Waals surface area contributed by atoms with Gasteiger partial charge in [-0.25, -0.2) is 4.68 Å². The molecule has 0 radical (unpaired) electrons. The molecule has 0 atom stereocenters. The summed E-state index contributed by atoms with van der Waals surface area (Å²) >= 11 is 0. The number of hydrogen-bond acceptors (Lipinski definition) is 4. The molecule has 6 heteroatoms. The highest BCUT2D eigenvalue weighted by molar-refractivity contribution is 6.00. The van der Waals surface area contributed by atoms with Crippen LogP contribution in [0.5, 0.6) is 0 Å². The summed E-state index contributed by atoms with van der Waals surface area (Å²) in [6.45, 7) is 3.74. The van der Waals surface area contributed by atoms with E-state index < -0.39 is 0 Å². The van der Waals surface area contributed by atoms with Crippen LogP contribution in [0.1, 0.15) is 17.0 Å². The second kappa shape index (κ2) is 4.41. The zero-order valence-corrected chi connectivity index (χ0v) is 11.3. The van der Waals surface area contributed by atoms with Gasteiger partial charge in [-0.3, -0.25) is 10.4 Å². The molecule has 0 spiro atoms. The number of amidine groups is 1. The first-order chi connectivity index (χ1) is 9.58. The number of para-hydroxylation sites is 1. The first kappa shape index (κ1) is 12.3. The first-order valence-electron chi connectivity index (χ1n) is 6.21. The van der Waals surface area contributed by atoms with Gasteiger partial charge in [0.05, 0.1) is 22.5 Å². The Balaban J connectivity index is 2.37. The van der Waals surface area contributed by atoms with Crippen molar-refractivity contribution in [1.82, 2.24) is 20.0 Å². The number of nitrogens with one attached hydrogen (secondary N) is 1. The first-order valence-corrected chi connectivity index (χ1v) is 6.21. The van der Waals surface area contributed by atoms with Gasteiger partial charge in [-0.05, 0) is 32.0 Å². The predicted octanol–water partition coefficient (Wildman–Crippen LogP) is 1.72. The van der Waals surface area contributed by atoms with E-state index in [4.69, 9.17) is 11.1 Å². The number of pyridine rings is 1. The van der Waals surface area contributed by atoms with E-state index in [-0.39, 0.29) is 5.84 Å². The highest BCUT2D eigenvalue weighted by Crippen LogP contribution is 2.21. The van der Waals surface area contributed by atoms with Crippen molar-refractivity contribution >= 4 is 16.9 Å². The van der Waals surface area contributed by atoms with Crippen molar-refractivity contribution in [3.05, 3.63) is 47.3 Å². The van der Waals surface area contributed by atoms with Gasteiger partial charge >= 0.3 is 0 Å². The number of aryl methyl sites for hydroxylation is 2. The average molecular weight is 266 g/mol. The summed E-state index contributed by atoms with van der Waals surface area (Å²) in [6.07, 6.45) is 0. The minimum absolute atomic E-state index is 0.0235. The average Bonchev–Trinajstić information content (AvgIpc) is 2.80. The van der Waals surface area contributed by atoms with Crippen molar-refractivity contribution < 1.29 is 0 Å². The van der Waals surface area contributed by atoms with E-state index in [0.29, 0.717) is 11.3 Å². The van der Waals surface area contributed by atoms with E-state index >= 15 is 0 Å². The second-order valence-electron chi connectivity index (χ2n) is 4.65. The van der Waals surface area contributed by atoms with E-state index in [0.717, 1.165) is 22.4 Å². The van der Waals surface area contributed by atoms with Crippen LogP contribution in [0.4, 0.5) is 0 Å². The van der Waals surface area contributed by atoms with Crippen LogP contribution in [-0.4, -0.2) is 25.8 Å². The molecule has 1 aromatic carbocycles. The van der Waals surface area contributed by atoms with Crippen LogP contribution in [0.15, 0.2) is 30.3 Å². The molecule has 100 valence electrons. The van der Waals surface area contributed by atoms with Crippen LogP contribution in [0.25, 0.3) is 16.7 Å². The molecule has 3 rings (SSSR count). The minimum atomic E-state index is -0.0235. The molecule has 0 aliphatic heterocycles. The highest BCUT2D eigenvalue weighted by atomic mass is 15.4. The number of fused-ring (bicyclic) bond motifs is 1. The number of rotatable bonds is 2. The van der Waals surface area contributed by atoms with Crippen molar-refractivity contribution in [2.75, 3.05) is 0 Å². The van der Waals surface area contributed by atoms with Crippen LogP contribution >= 0.6 is 0 Å². The molecule has 20 heavy (non-hydrogen) atoms. The zero-order valence-electron chi connectivity index (χ0n) is 11.3. The normalized spacial score (nSPS) is 10.9. The Hall–Kier alpha value is -2.76. The van der Waals surface area contributed by atoms with E-state index in [1.54, 1.807) is 4.68 Å². The van der Waals surface area contributed by atoms with Gasteiger partial charge in [-0.2, -0.15) is 0 Å². The summed E-state index contributed by atoms with van der Waals surface area (Å²) in [7, 11) is 0. The van der Waals surface area contributed by atoms with Crippen molar-refractivity contribution in [1.29, 1.82) is 5.41 Å². The number of nitrogen functional groups attached to an aromatic ring is 1. The predicted molar refractivity (Wildman–Crippen MR) is 77.2 cm³/mol. The van der Waals surface area contributed by atoms with Gasteiger partial charge in [-0.1, -0.05) is 17.3 Å². The lowest BCUT2D eigenvalue weighted by Gasteiger charge is -2.12. The van der Waals surface area contributed by atoms with Gasteiger partial charge in [0, 0.05) is 5.69 Å². The van der Waals surface area contributed by atoms with Gasteiger partial charge in [-0.15, -0.1) is 5.10 Å².